The van der Waals surface area contributed by atoms with Gasteiger partial charge in [0.2, 0.25) is 5.91 Å². The molecule has 0 saturated carbocycles. The molecular formula is C14H19NO4. The summed E-state index contributed by atoms with van der Waals surface area (Å²) in [6.45, 7) is 4.13. The molecule has 2 N–H and O–H groups in total. The normalized spacial score (nSPS) is 10.2. The van der Waals surface area contributed by atoms with Gasteiger partial charge in [-0.1, -0.05) is 23.8 Å². The number of hydrogen-bond acceptors (Lipinski definition) is 3. The molecule has 1 amide bonds. The molecule has 0 aliphatic heterocycles. The quantitative estimate of drug-likeness (QED) is 0.723. The van der Waals surface area contributed by atoms with E-state index in [-0.39, 0.29) is 19.1 Å². The van der Waals surface area contributed by atoms with Gasteiger partial charge in [-0.15, -0.1) is 0 Å². The van der Waals surface area contributed by atoms with Gasteiger partial charge in [-0.3, -0.25) is 4.79 Å². The smallest absolute Gasteiger partial charge is 0.329 e. The lowest BCUT2D eigenvalue weighted by Gasteiger charge is -2.08. The largest absolute Gasteiger partial charge is 0.480 e. The van der Waals surface area contributed by atoms with E-state index in [1.165, 1.54) is 0 Å². The van der Waals surface area contributed by atoms with Crippen molar-refractivity contribution >= 4 is 11.9 Å². The van der Waals surface area contributed by atoms with Crippen LogP contribution in [0.25, 0.3) is 0 Å². The van der Waals surface area contributed by atoms with Gasteiger partial charge in [0.15, 0.2) is 0 Å². The molecule has 0 spiro atoms. The van der Waals surface area contributed by atoms with E-state index < -0.39 is 5.97 Å². The van der Waals surface area contributed by atoms with Crippen LogP contribution in [0.3, 0.4) is 0 Å². The average molecular weight is 265 g/mol. The summed E-state index contributed by atoms with van der Waals surface area (Å²) in [5, 5.41) is 11.1. The minimum atomic E-state index is -1.01. The van der Waals surface area contributed by atoms with Crippen LogP contribution in [0.15, 0.2) is 18.2 Å². The fraction of sp³-hybridized carbons (Fsp3) is 0.429. The lowest BCUT2D eigenvalue weighted by Crippen LogP contribution is -2.29. The number of rotatable bonds is 7. The molecule has 0 bridgehead atoms. The number of nitrogens with one attached hydrogen (secondary N) is 1. The van der Waals surface area contributed by atoms with E-state index in [1.807, 2.05) is 32.0 Å². The maximum atomic E-state index is 11.7. The zero-order chi connectivity index (χ0) is 14.3. The van der Waals surface area contributed by atoms with Crippen LogP contribution in [0.4, 0.5) is 0 Å². The molecule has 0 atom stereocenters. The second-order valence-electron chi connectivity index (χ2n) is 4.40. The predicted molar refractivity (Wildman–Crippen MR) is 71.1 cm³/mol. The zero-order valence-corrected chi connectivity index (χ0v) is 11.2. The van der Waals surface area contributed by atoms with Crippen LogP contribution in [-0.4, -0.2) is 36.7 Å². The number of benzene rings is 1. The van der Waals surface area contributed by atoms with Gasteiger partial charge >= 0.3 is 5.97 Å². The maximum Gasteiger partial charge on any atom is 0.329 e. The Morgan fingerprint density at radius 3 is 2.74 bits per heavy atom. The van der Waals surface area contributed by atoms with Gasteiger partial charge in [-0.25, -0.2) is 4.79 Å². The molecule has 0 radical (unpaired) electrons. The summed E-state index contributed by atoms with van der Waals surface area (Å²) in [4.78, 5) is 21.9. The highest BCUT2D eigenvalue weighted by molar-refractivity contribution is 5.79. The molecule has 0 unspecified atom stereocenters. The van der Waals surface area contributed by atoms with Gasteiger partial charge in [0.25, 0.3) is 0 Å². The summed E-state index contributed by atoms with van der Waals surface area (Å²) in [6.07, 6.45) is 0.326. The lowest BCUT2D eigenvalue weighted by atomic mass is 10.0. The summed E-state index contributed by atoms with van der Waals surface area (Å²) in [6, 6.07) is 6.00. The van der Waals surface area contributed by atoms with Crippen molar-refractivity contribution in [1.29, 1.82) is 0 Å². The average Bonchev–Trinajstić information content (AvgIpc) is 2.33. The first-order valence-electron chi connectivity index (χ1n) is 6.11. The fourth-order valence-electron chi connectivity index (χ4n) is 1.65. The lowest BCUT2D eigenvalue weighted by molar-refractivity contribution is -0.142. The van der Waals surface area contributed by atoms with Crippen LogP contribution < -0.4 is 5.32 Å². The number of amides is 1. The molecule has 0 heterocycles. The van der Waals surface area contributed by atoms with Crippen LogP contribution in [0.2, 0.25) is 0 Å². The number of carbonyl (C=O) groups excluding carboxylic acids is 1. The van der Waals surface area contributed by atoms with E-state index in [2.05, 4.69) is 5.32 Å². The molecular weight excluding hydrogens is 246 g/mol. The van der Waals surface area contributed by atoms with Gasteiger partial charge < -0.3 is 15.2 Å². The summed E-state index contributed by atoms with van der Waals surface area (Å²) in [5.74, 6) is -1.10. The minimum Gasteiger partial charge on any atom is -0.480 e. The van der Waals surface area contributed by atoms with E-state index >= 15 is 0 Å². The van der Waals surface area contributed by atoms with Gasteiger partial charge in [0.05, 0.1) is 13.0 Å². The third kappa shape index (κ3) is 6.01. The third-order valence-electron chi connectivity index (χ3n) is 2.65. The van der Waals surface area contributed by atoms with Crippen molar-refractivity contribution in [1.82, 2.24) is 5.32 Å². The zero-order valence-electron chi connectivity index (χ0n) is 11.2. The molecule has 0 aliphatic rings. The van der Waals surface area contributed by atoms with Crippen LogP contribution in [0, 0.1) is 13.8 Å². The van der Waals surface area contributed by atoms with Crippen molar-refractivity contribution in [2.75, 3.05) is 19.8 Å². The molecule has 5 heteroatoms. The molecule has 19 heavy (non-hydrogen) atoms. The van der Waals surface area contributed by atoms with E-state index in [0.29, 0.717) is 13.0 Å². The Kier molecular flexibility index (Phi) is 6.02. The molecule has 1 aromatic carbocycles. The molecule has 0 aromatic heterocycles. The number of ether oxygens (including phenoxy) is 1. The fourth-order valence-corrected chi connectivity index (χ4v) is 1.65. The third-order valence-corrected chi connectivity index (χ3v) is 2.65. The van der Waals surface area contributed by atoms with Crippen molar-refractivity contribution in [2.24, 2.45) is 0 Å². The maximum absolute atomic E-state index is 11.7. The molecule has 5 nitrogen and oxygen atoms in total. The standard InChI is InChI=1S/C14H19NO4/c1-10-3-4-11(2)12(7-10)8-13(16)15-5-6-19-9-14(17)18/h3-4,7H,5-6,8-9H2,1-2H3,(H,15,16)(H,17,18). The first-order chi connectivity index (χ1) is 8.99. The van der Waals surface area contributed by atoms with E-state index in [4.69, 9.17) is 9.84 Å². The number of aliphatic carboxylic acids is 1. The first-order valence-corrected chi connectivity index (χ1v) is 6.11. The molecule has 104 valence electrons. The van der Waals surface area contributed by atoms with Crippen molar-refractivity contribution in [3.05, 3.63) is 34.9 Å². The second-order valence-corrected chi connectivity index (χ2v) is 4.40. The van der Waals surface area contributed by atoms with Crippen LogP contribution in [0.1, 0.15) is 16.7 Å². The second kappa shape index (κ2) is 7.53. The molecule has 1 rings (SSSR count). The van der Waals surface area contributed by atoms with Crippen molar-refractivity contribution < 1.29 is 19.4 Å². The van der Waals surface area contributed by atoms with E-state index in [9.17, 15) is 9.59 Å². The van der Waals surface area contributed by atoms with Gasteiger partial charge in [-0.2, -0.15) is 0 Å². The number of carboxylic acid groups (broad SMARTS) is 1. The van der Waals surface area contributed by atoms with Gasteiger partial charge in [-0.05, 0) is 25.0 Å². The van der Waals surface area contributed by atoms with Gasteiger partial charge in [0.1, 0.15) is 6.61 Å². The minimum absolute atomic E-state index is 0.0902. The van der Waals surface area contributed by atoms with Crippen molar-refractivity contribution in [2.45, 2.75) is 20.3 Å². The Hall–Kier alpha value is -1.88. The molecule has 1 aromatic rings. The monoisotopic (exact) mass is 265 g/mol. The summed E-state index contributed by atoms with van der Waals surface area (Å²) in [5.41, 5.74) is 3.21. The SMILES string of the molecule is Cc1ccc(C)c(CC(=O)NCCOCC(=O)O)c1. The molecule has 0 aliphatic carbocycles. The van der Waals surface area contributed by atoms with Crippen molar-refractivity contribution in [3.63, 3.8) is 0 Å². The van der Waals surface area contributed by atoms with Crippen molar-refractivity contribution in [3.8, 4) is 0 Å². The molecule has 0 fully saturated rings. The predicted octanol–water partition coefficient (Wildman–Crippen LogP) is 1.06. The highest BCUT2D eigenvalue weighted by Crippen LogP contribution is 2.11. The van der Waals surface area contributed by atoms with Crippen LogP contribution in [0.5, 0.6) is 0 Å². The topological polar surface area (TPSA) is 75.6 Å². The summed E-state index contributed by atoms with van der Waals surface area (Å²) in [7, 11) is 0. The number of carboxylic acids is 1. The Morgan fingerprint density at radius 2 is 2.05 bits per heavy atom. The van der Waals surface area contributed by atoms with Crippen LogP contribution >= 0.6 is 0 Å². The highest BCUT2D eigenvalue weighted by atomic mass is 16.5. The van der Waals surface area contributed by atoms with Gasteiger partial charge in [0, 0.05) is 6.54 Å². The Bertz CT molecular complexity index is 457. The Morgan fingerprint density at radius 1 is 1.32 bits per heavy atom. The summed E-state index contributed by atoms with van der Waals surface area (Å²) < 4.78 is 4.82. The molecule has 0 saturated heterocycles. The summed E-state index contributed by atoms with van der Waals surface area (Å²) >= 11 is 0. The Labute approximate surface area is 112 Å². The Balaban J connectivity index is 2.31. The number of hydrogen-bond donors (Lipinski definition) is 2. The highest BCUT2D eigenvalue weighted by Gasteiger charge is 2.06. The van der Waals surface area contributed by atoms with Crippen LogP contribution in [-0.2, 0) is 20.7 Å². The van der Waals surface area contributed by atoms with E-state index in [1.54, 1.807) is 0 Å². The first kappa shape index (κ1) is 15.2. The number of aryl methyl sites for hydroxylation is 2. The van der Waals surface area contributed by atoms with E-state index in [0.717, 1.165) is 16.7 Å². The number of carbonyl (C=O) groups is 2.